The zero-order valence-corrected chi connectivity index (χ0v) is 9.42. The van der Waals surface area contributed by atoms with E-state index in [0.717, 1.165) is 19.5 Å². The Hall–Kier alpha value is -0.0800. The molecule has 2 nitrogen and oxygen atoms in total. The maximum atomic E-state index is 8.99. The van der Waals surface area contributed by atoms with E-state index >= 15 is 0 Å². The lowest BCUT2D eigenvalue weighted by molar-refractivity contribution is 0.203. The van der Waals surface area contributed by atoms with Crippen LogP contribution in [0, 0.1) is 5.92 Å². The van der Waals surface area contributed by atoms with Crippen LogP contribution < -0.4 is 0 Å². The van der Waals surface area contributed by atoms with Crippen LogP contribution in [0.5, 0.6) is 0 Å². The van der Waals surface area contributed by atoms with Gasteiger partial charge in [-0.15, -0.1) is 0 Å². The molecule has 0 heterocycles. The fraction of sp³-hybridized carbons (Fsp3) is 1.00. The Morgan fingerprint density at radius 1 is 1.15 bits per heavy atom. The molecule has 1 N–H and O–H groups in total. The first-order valence-corrected chi connectivity index (χ1v) is 5.61. The van der Waals surface area contributed by atoms with Gasteiger partial charge >= 0.3 is 0 Å². The molecule has 0 aliphatic carbocycles. The van der Waals surface area contributed by atoms with Gasteiger partial charge in [-0.1, -0.05) is 27.2 Å². The van der Waals surface area contributed by atoms with E-state index in [1.54, 1.807) is 0 Å². The Morgan fingerprint density at radius 2 is 1.77 bits per heavy atom. The van der Waals surface area contributed by atoms with E-state index < -0.39 is 0 Å². The zero-order chi connectivity index (χ0) is 10.1. The smallest absolute Gasteiger partial charge is 0.0459 e. The van der Waals surface area contributed by atoms with Crippen LogP contribution in [-0.2, 0) is 0 Å². The molecule has 0 aliphatic heterocycles. The standard InChI is InChI=1S/C11H25NO/c1-4-11(10-13)8-7-9-12(5-2)6-3/h11,13H,4-10H2,1-3H3. The fourth-order valence-electron chi connectivity index (χ4n) is 1.57. The molecule has 13 heavy (non-hydrogen) atoms. The second-order valence-electron chi connectivity index (χ2n) is 3.63. The number of aliphatic hydroxyl groups is 1. The Balaban J connectivity index is 3.41. The minimum Gasteiger partial charge on any atom is -0.396 e. The summed E-state index contributed by atoms with van der Waals surface area (Å²) in [4.78, 5) is 2.43. The first-order valence-electron chi connectivity index (χ1n) is 5.61. The lowest BCUT2D eigenvalue weighted by atomic mass is 10.0. The molecule has 0 aliphatic rings. The van der Waals surface area contributed by atoms with Crippen LogP contribution in [0.25, 0.3) is 0 Å². The van der Waals surface area contributed by atoms with Crippen LogP contribution in [0.2, 0.25) is 0 Å². The van der Waals surface area contributed by atoms with E-state index in [2.05, 4.69) is 25.7 Å². The predicted molar refractivity (Wildman–Crippen MR) is 57.9 cm³/mol. The fourth-order valence-corrected chi connectivity index (χ4v) is 1.57. The second-order valence-corrected chi connectivity index (χ2v) is 3.63. The van der Waals surface area contributed by atoms with Crippen molar-refractivity contribution in [1.29, 1.82) is 0 Å². The van der Waals surface area contributed by atoms with Crippen molar-refractivity contribution in [3.05, 3.63) is 0 Å². The number of aliphatic hydroxyl groups excluding tert-OH is 1. The van der Waals surface area contributed by atoms with Crippen molar-refractivity contribution in [2.24, 2.45) is 5.92 Å². The van der Waals surface area contributed by atoms with E-state index in [-0.39, 0.29) is 0 Å². The first-order chi connectivity index (χ1) is 6.28. The van der Waals surface area contributed by atoms with E-state index in [1.165, 1.54) is 19.4 Å². The second kappa shape index (κ2) is 8.52. The Bertz CT molecular complexity index is 86.3. The molecule has 0 saturated carbocycles. The minimum atomic E-state index is 0.356. The maximum Gasteiger partial charge on any atom is 0.0459 e. The van der Waals surface area contributed by atoms with Gasteiger partial charge in [0.2, 0.25) is 0 Å². The third kappa shape index (κ3) is 6.05. The summed E-state index contributed by atoms with van der Waals surface area (Å²) in [5.74, 6) is 0.524. The number of nitrogens with zero attached hydrogens (tertiary/aromatic N) is 1. The average molecular weight is 187 g/mol. The van der Waals surface area contributed by atoms with Crippen LogP contribution in [0.15, 0.2) is 0 Å². The highest BCUT2D eigenvalue weighted by atomic mass is 16.3. The van der Waals surface area contributed by atoms with Gasteiger partial charge in [-0.05, 0) is 38.4 Å². The van der Waals surface area contributed by atoms with E-state index in [4.69, 9.17) is 5.11 Å². The van der Waals surface area contributed by atoms with Crippen LogP contribution in [-0.4, -0.2) is 36.2 Å². The lowest BCUT2D eigenvalue weighted by Crippen LogP contribution is -2.24. The summed E-state index contributed by atoms with van der Waals surface area (Å²) in [6.45, 7) is 10.4. The zero-order valence-electron chi connectivity index (χ0n) is 9.42. The molecule has 0 aromatic heterocycles. The molecule has 2 heteroatoms. The minimum absolute atomic E-state index is 0.356. The molecule has 0 aromatic rings. The molecular weight excluding hydrogens is 162 g/mol. The molecule has 0 radical (unpaired) electrons. The Kier molecular flexibility index (Phi) is 8.46. The molecular formula is C11H25NO. The molecule has 0 rings (SSSR count). The van der Waals surface area contributed by atoms with Crippen molar-refractivity contribution >= 4 is 0 Å². The van der Waals surface area contributed by atoms with Crippen molar-refractivity contribution in [2.45, 2.75) is 40.0 Å². The SMILES string of the molecule is CCC(CO)CCCN(CC)CC. The molecule has 0 aromatic carbocycles. The summed E-state index contributed by atoms with van der Waals surface area (Å²) in [7, 11) is 0. The van der Waals surface area contributed by atoms with Crippen LogP contribution >= 0.6 is 0 Å². The number of rotatable bonds is 8. The van der Waals surface area contributed by atoms with Gasteiger partial charge in [-0.25, -0.2) is 0 Å². The predicted octanol–water partition coefficient (Wildman–Crippen LogP) is 2.13. The van der Waals surface area contributed by atoms with E-state index in [1.807, 2.05) is 0 Å². The van der Waals surface area contributed by atoms with Gasteiger partial charge in [0.05, 0.1) is 0 Å². The van der Waals surface area contributed by atoms with Crippen molar-refractivity contribution in [3.63, 3.8) is 0 Å². The molecule has 1 atom stereocenters. The van der Waals surface area contributed by atoms with Gasteiger partial charge in [-0.2, -0.15) is 0 Å². The van der Waals surface area contributed by atoms with Crippen molar-refractivity contribution in [3.8, 4) is 0 Å². The summed E-state index contributed by atoms with van der Waals surface area (Å²) >= 11 is 0. The first kappa shape index (κ1) is 12.9. The normalized spacial score (nSPS) is 13.6. The van der Waals surface area contributed by atoms with E-state index in [0.29, 0.717) is 12.5 Å². The van der Waals surface area contributed by atoms with Crippen molar-refractivity contribution in [2.75, 3.05) is 26.2 Å². The van der Waals surface area contributed by atoms with Crippen molar-refractivity contribution in [1.82, 2.24) is 4.90 Å². The highest BCUT2D eigenvalue weighted by Gasteiger charge is 2.05. The van der Waals surface area contributed by atoms with Crippen LogP contribution in [0.1, 0.15) is 40.0 Å². The summed E-state index contributed by atoms with van der Waals surface area (Å²) in [6.07, 6.45) is 3.50. The summed E-state index contributed by atoms with van der Waals surface area (Å²) < 4.78 is 0. The third-order valence-electron chi connectivity index (χ3n) is 2.82. The van der Waals surface area contributed by atoms with Gasteiger partial charge < -0.3 is 10.0 Å². The third-order valence-corrected chi connectivity index (χ3v) is 2.82. The quantitative estimate of drug-likeness (QED) is 0.629. The van der Waals surface area contributed by atoms with E-state index in [9.17, 15) is 0 Å². The van der Waals surface area contributed by atoms with Crippen LogP contribution in [0.3, 0.4) is 0 Å². The summed E-state index contributed by atoms with van der Waals surface area (Å²) in [6, 6.07) is 0. The van der Waals surface area contributed by atoms with Gasteiger partial charge in [0.1, 0.15) is 0 Å². The maximum absolute atomic E-state index is 8.99. The molecule has 1 unspecified atom stereocenters. The molecule has 0 saturated heterocycles. The average Bonchev–Trinajstić information content (AvgIpc) is 2.19. The molecule has 0 fully saturated rings. The van der Waals surface area contributed by atoms with Crippen LogP contribution in [0.4, 0.5) is 0 Å². The summed E-state index contributed by atoms with van der Waals surface area (Å²) in [5.41, 5.74) is 0. The van der Waals surface area contributed by atoms with Gasteiger partial charge in [0.25, 0.3) is 0 Å². The van der Waals surface area contributed by atoms with Gasteiger partial charge in [0, 0.05) is 6.61 Å². The number of hydrogen-bond donors (Lipinski definition) is 1. The Morgan fingerprint density at radius 3 is 2.15 bits per heavy atom. The highest BCUT2D eigenvalue weighted by Crippen LogP contribution is 2.10. The highest BCUT2D eigenvalue weighted by molar-refractivity contribution is 4.58. The van der Waals surface area contributed by atoms with Gasteiger partial charge in [0.15, 0.2) is 0 Å². The van der Waals surface area contributed by atoms with Crippen molar-refractivity contribution < 1.29 is 5.11 Å². The molecule has 0 bridgehead atoms. The topological polar surface area (TPSA) is 23.5 Å². The lowest BCUT2D eigenvalue weighted by Gasteiger charge is -2.19. The largest absolute Gasteiger partial charge is 0.396 e. The summed E-state index contributed by atoms with van der Waals surface area (Å²) in [5, 5.41) is 8.99. The monoisotopic (exact) mass is 187 g/mol. The molecule has 0 amide bonds. The molecule has 80 valence electrons. The van der Waals surface area contributed by atoms with Gasteiger partial charge in [-0.3, -0.25) is 0 Å². The Labute approximate surface area is 82.9 Å². The number of hydrogen-bond acceptors (Lipinski definition) is 2. The molecule has 0 spiro atoms.